The molecule has 0 radical (unpaired) electrons. The Morgan fingerprint density at radius 2 is 1.91 bits per heavy atom. The number of rotatable bonds is 3. The van der Waals surface area contributed by atoms with Crippen LogP contribution in [-0.2, 0) is 0 Å². The molecule has 0 amide bonds. The van der Waals surface area contributed by atoms with E-state index in [4.69, 9.17) is 23.2 Å². The monoisotopic (exact) mass is 345 g/mol. The smallest absolute Gasteiger partial charge is 0.280 e. The fourth-order valence-electron chi connectivity index (χ4n) is 2.20. The van der Waals surface area contributed by atoms with Crippen molar-refractivity contribution in [3.05, 3.63) is 80.2 Å². The molecule has 0 unspecified atom stereocenters. The summed E-state index contributed by atoms with van der Waals surface area (Å²) >= 11 is 12.1. The Hall–Kier alpha value is -2.30. The molecule has 0 saturated heterocycles. The van der Waals surface area contributed by atoms with Crippen LogP contribution >= 0.6 is 23.2 Å². The van der Waals surface area contributed by atoms with Gasteiger partial charge in [0.15, 0.2) is 0 Å². The van der Waals surface area contributed by atoms with E-state index < -0.39 is 0 Å². The van der Waals surface area contributed by atoms with Crippen LogP contribution in [0.15, 0.2) is 58.3 Å². The number of H-pyrrole nitrogens is 1. The van der Waals surface area contributed by atoms with Gasteiger partial charge >= 0.3 is 0 Å². The third-order valence-corrected chi connectivity index (χ3v) is 3.92. The number of nitrogens with zero attached hydrogens (tertiary/aromatic N) is 2. The topological polar surface area (TPSA) is 50.1 Å². The first kappa shape index (κ1) is 15.6. The van der Waals surface area contributed by atoms with Crippen LogP contribution in [0.3, 0.4) is 0 Å². The molecule has 3 rings (SSSR count). The molecule has 4 nitrogen and oxygen atoms in total. The Bertz CT molecular complexity index is 941. The van der Waals surface area contributed by atoms with Gasteiger partial charge in [0, 0.05) is 16.9 Å². The van der Waals surface area contributed by atoms with Crippen molar-refractivity contribution in [2.24, 2.45) is 4.99 Å². The summed E-state index contributed by atoms with van der Waals surface area (Å²) < 4.78 is 1.44. The predicted molar refractivity (Wildman–Crippen MR) is 94.8 cm³/mol. The second-order valence-corrected chi connectivity index (χ2v) is 5.82. The van der Waals surface area contributed by atoms with Crippen molar-refractivity contribution in [1.29, 1.82) is 0 Å². The summed E-state index contributed by atoms with van der Waals surface area (Å²) in [6.45, 7) is 1.82. The zero-order chi connectivity index (χ0) is 16.4. The molecule has 0 bridgehead atoms. The molecule has 0 aliphatic heterocycles. The van der Waals surface area contributed by atoms with Crippen molar-refractivity contribution in [2.75, 3.05) is 0 Å². The minimum atomic E-state index is -0.194. The minimum absolute atomic E-state index is 0.194. The van der Waals surface area contributed by atoms with Gasteiger partial charge in [0.2, 0.25) is 0 Å². The SMILES string of the molecule is Cc1[nH]n(-c2cccc(Cl)c2)c(=O)c1C=Nc1ccccc1Cl. The summed E-state index contributed by atoms with van der Waals surface area (Å²) in [5.41, 5.74) is 2.28. The van der Waals surface area contributed by atoms with Crippen molar-refractivity contribution in [1.82, 2.24) is 9.78 Å². The van der Waals surface area contributed by atoms with Crippen LogP contribution in [0.25, 0.3) is 5.69 Å². The van der Waals surface area contributed by atoms with Crippen LogP contribution < -0.4 is 5.56 Å². The van der Waals surface area contributed by atoms with E-state index in [9.17, 15) is 4.79 Å². The van der Waals surface area contributed by atoms with E-state index in [2.05, 4.69) is 10.1 Å². The average Bonchev–Trinajstić information content (AvgIpc) is 2.81. The van der Waals surface area contributed by atoms with Crippen LogP contribution in [0.2, 0.25) is 10.0 Å². The number of aromatic amines is 1. The third-order valence-electron chi connectivity index (χ3n) is 3.37. The Labute approximate surface area is 143 Å². The van der Waals surface area contributed by atoms with E-state index in [0.717, 1.165) is 0 Å². The standard InChI is InChI=1S/C17H13Cl2N3O/c1-11-14(10-20-16-8-3-2-7-15(16)19)17(23)22(21-11)13-6-4-5-12(18)9-13/h2-10,21H,1H3. The largest absolute Gasteiger partial charge is 0.295 e. The Balaban J connectivity index is 2.02. The number of hydrogen-bond donors (Lipinski definition) is 1. The second-order valence-electron chi connectivity index (χ2n) is 4.98. The zero-order valence-corrected chi connectivity index (χ0v) is 13.8. The number of hydrogen-bond acceptors (Lipinski definition) is 2. The molecule has 0 atom stereocenters. The van der Waals surface area contributed by atoms with Gasteiger partial charge in [0.05, 0.1) is 22.0 Å². The summed E-state index contributed by atoms with van der Waals surface area (Å²) in [6, 6.07) is 14.3. The fraction of sp³-hybridized carbons (Fsp3) is 0.0588. The number of aryl methyl sites for hydroxylation is 1. The van der Waals surface area contributed by atoms with Crippen LogP contribution in [-0.4, -0.2) is 16.0 Å². The number of para-hydroxylation sites is 1. The van der Waals surface area contributed by atoms with Gasteiger partial charge in [0.1, 0.15) is 0 Å². The second kappa shape index (κ2) is 6.44. The van der Waals surface area contributed by atoms with E-state index in [1.54, 1.807) is 36.4 Å². The lowest BCUT2D eigenvalue weighted by Gasteiger charge is -2.01. The molecule has 1 aromatic heterocycles. The Kier molecular flexibility index (Phi) is 4.37. The van der Waals surface area contributed by atoms with Crippen LogP contribution in [0, 0.1) is 6.92 Å². The van der Waals surface area contributed by atoms with Gasteiger partial charge in [-0.05, 0) is 37.3 Å². The average molecular weight is 346 g/mol. The molecule has 0 saturated carbocycles. The van der Waals surface area contributed by atoms with E-state index in [1.165, 1.54) is 10.9 Å². The van der Waals surface area contributed by atoms with Crippen LogP contribution in [0.1, 0.15) is 11.3 Å². The molecule has 0 aliphatic carbocycles. The van der Waals surface area contributed by atoms with Gasteiger partial charge < -0.3 is 0 Å². The van der Waals surface area contributed by atoms with Crippen molar-refractivity contribution in [3.63, 3.8) is 0 Å². The quantitative estimate of drug-likeness (QED) is 0.696. The summed E-state index contributed by atoms with van der Waals surface area (Å²) in [7, 11) is 0. The highest BCUT2D eigenvalue weighted by Crippen LogP contribution is 2.23. The maximum atomic E-state index is 12.6. The van der Waals surface area contributed by atoms with Gasteiger partial charge in [0.25, 0.3) is 5.56 Å². The first-order valence-corrected chi connectivity index (χ1v) is 7.68. The Morgan fingerprint density at radius 3 is 2.65 bits per heavy atom. The molecule has 23 heavy (non-hydrogen) atoms. The van der Waals surface area contributed by atoms with Gasteiger partial charge in [-0.2, -0.15) is 0 Å². The van der Waals surface area contributed by atoms with E-state index in [0.29, 0.717) is 32.7 Å². The first-order chi connectivity index (χ1) is 11.1. The molecular formula is C17H13Cl2N3O. The highest BCUT2D eigenvalue weighted by molar-refractivity contribution is 6.33. The number of halogens is 2. The number of benzene rings is 2. The van der Waals surface area contributed by atoms with Crippen molar-refractivity contribution < 1.29 is 0 Å². The molecule has 6 heteroatoms. The summed E-state index contributed by atoms with van der Waals surface area (Å²) in [5.74, 6) is 0. The number of aliphatic imine (C=N–C) groups is 1. The normalized spacial score (nSPS) is 11.3. The molecule has 0 fully saturated rings. The van der Waals surface area contributed by atoms with Crippen molar-refractivity contribution >= 4 is 35.1 Å². The van der Waals surface area contributed by atoms with Crippen LogP contribution in [0.5, 0.6) is 0 Å². The molecule has 116 valence electrons. The van der Waals surface area contributed by atoms with E-state index >= 15 is 0 Å². The lowest BCUT2D eigenvalue weighted by molar-refractivity contribution is 0.835. The minimum Gasteiger partial charge on any atom is -0.295 e. The van der Waals surface area contributed by atoms with E-state index in [1.807, 2.05) is 19.1 Å². The maximum Gasteiger partial charge on any atom is 0.280 e. The molecule has 3 aromatic rings. The van der Waals surface area contributed by atoms with Gasteiger partial charge in [-0.3, -0.25) is 14.9 Å². The molecule has 0 spiro atoms. The lowest BCUT2D eigenvalue weighted by atomic mass is 10.2. The molecule has 1 heterocycles. The third kappa shape index (κ3) is 3.23. The van der Waals surface area contributed by atoms with Gasteiger partial charge in [-0.15, -0.1) is 0 Å². The first-order valence-electron chi connectivity index (χ1n) is 6.92. The summed E-state index contributed by atoms with van der Waals surface area (Å²) in [5, 5.41) is 4.13. The number of nitrogens with one attached hydrogen (secondary N) is 1. The van der Waals surface area contributed by atoms with Crippen molar-refractivity contribution in [3.8, 4) is 5.69 Å². The van der Waals surface area contributed by atoms with Gasteiger partial charge in [-0.1, -0.05) is 41.4 Å². The molecule has 1 N–H and O–H groups in total. The Morgan fingerprint density at radius 1 is 1.13 bits per heavy atom. The number of aromatic nitrogens is 2. The molecular weight excluding hydrogens is 333 g/mol. The van der Waals surface area contributed by atoms with Crippen LogP contribution in [0.4, 0.5) is 5.69 Å². The maximum absolute atomic E-state index is 12.6. The van der Waals surface area contributed by atoms with E-state index in [-0.39, 0.29) is 5.56 Å². The zero-order valence-electron chi connectivity index (χ0n) is 12.3. The predicted octanol–water partition coefficient (Wildman–Crippen LogP) is 4.53. The highest BCUT2D eigenvalue weighted by Gasteiger charge is 2.11. The summed E-state index contributed by atoms with van der Waals surface area (Å²) in [4.78, 5) is 16.9. The summed E-state index contributed by atoms with van der Waals surface area (Å²) in [6.07, 6.45) is 1.52. The molecule has 0 aliphatic rings. The van der Waals surface area contributed by atoms with Crippen molar-refractivity contribution in [2.45, 2.75) is 6.92 Å². The lowest BCUT2D eigenvalue weighted by Crippen LogP contribution is -2.17. The highest BCUT2D eigenvalue weighted by atomic mass is 35.5. The fourth-order valence-corrected chi connectivity index (χ4v) is 2.57. The molecule has 2 aromatic carbocycles. The van der Waals surface area contributed by atoms with Gasteiger partial charge in [-0.25, -0.2) is 4.68 Å².